The Labute approximate surface area is 114 Å². The zero-order chi connectivity index (χ0) is 13.4. The molecular weight excluding hydrogens is 266 g/mol. The van der Waals surface area contributed by atoms with E-state index in [9.17, 15) is 9.59 Å². The Morgan fingerprint density at radius 2 is 2.16 bits per heavy atom. The van der Waals surface area contributed by atoms with Crippen molar-refractivity contribution >= 4 is 34.3 Å². The van der Waals surface area contributed by atoms with Crippen molar-refractivity contribution < 1.29 is 9.59 Å². The van der Waals surface area contributed by atoms with E-state index in [0.717, 1.165) is 16.5 Å². The molecule has 0 saturated carbocycles. The van der Waals surface area contributed by atoms with E-state index in [2.05, 4.69) is 15.3 Å². The standard InChI is InChI=1S/C13H10ClN3O2/c14-13-15-6-8-5-7(1-3-10(8)16-13)9-2-4-11(18)17-12(9)19/h1,3,5-6,9H,2,4H2,(H,17,18,19). The van der Waals surface area contributed by atoms with E-state index in [1.807, 2.05) is 18.2 Å². The van der Waals surface area contributed by atoms with Crippen LogP contribution >= 0.6 is 11.6 Å². The van der Waals surface area contributed by atoms with Gasteiger partial charge >= 0.3 is 0 Å². The Kier molecular flexibility index (Phi) is 2.91. The lowest BCUT2D eigenvalue weighted by atomic mass is 9.90. The topological polar surface area (TPSA) is 72.0 Å². The number of amides is 2. The number of nitrogens with one attached hydrogen (secondary N) is 1. The largest absolute Gasteiger partial charge is 0.296 e. The molecule has 1 N–H and O–H groups in total. The number of imide groups is 1. The molecular formula is C13H10ClN3O2. The van der Waals surface area contributed by atoms with Crippen LogP contribution in [0.5, 0.6) is 0 Å². The summed E-state index contributed by atoms with van der Waals surface area (Å²) in [6, 6.07) is 5.51. The molecule has 1 atom stereocenters. The predicted molar refractivity (Wildman–Crippen MR) is 69.7 cm³/mol. The van der Waals surface area contributed by atoms with Crippen LogP contribution in [0.4, 0.5) is 0 Å². The lowest BCUT2D eigenvalue weighted by molar-refractivity contribution is -0.134. The SMILES string of the molecule is O=C1CCC(c2ccc3nc(Cl)ncc3c2)C(=O)N1. The average molecular weight is 276 g/mol. The summed E-state index contributed by atoms with van der Waals surface area (Å²) in [5.41, 5.74) is 1.60. The molecule has 5 nitrogen and oxygen atoms in total. The third-order valence-corrected chi connectivity index (χ3v) is 3.40. The maximum atomic E-state index is 11.8. The molecule has 1 unspecified atom stereocenters. The minimum atomic E-state index is -0.294. The third kappa shape index (κ3) is 2.29. The number of carbonyl (C=O) groups is 2. The first kappa shape index (κ1) is 12.0. The smallest absolute Gasteiger partial charge is 0.234 e. The van der Waals surface area contributed by atoms with Gasteiger partial charge in [-0.05, 0) is 35.7 Å². The van der Waals surface area contributed by atoms with Gasteiger partial charge in [-0.25, -0.2) is 9.97 Å². The molecule has 1 aromatic heterocycles. The lowest BCUT2D eigenvalue weighted by Gasteiger charge is -2.21. The van der Waals surface area contributed by atoms with E-state index in [0.29, 0.717) is 12.8 Å². The number of fused-ring (bicyclic) bond motifs is 1. The molecule has 1 fully saturated rings. The molecule has 19 heavy (non-hydrogen) atoms. The summed E-state index contributed by atoms with van der Waals surface area (Å²) in [6.45, 7) is 0. The fraction of sp³-hybridized carbons (Fsp3) is 0.231. The third-order valence-electron chi connectivity index (χ3n) is 3.22. The molecule has 2 heterocycles. The molecule has 1 aromatic carbocycles. The van der Waals surface area contributed by atoms with Gasteiger partial charge in [0, 0.05) is 18.0 Å². The van der Waals surface area contributed by atoms with Crippen molar-refractivity contribution in [2.75, 3.05) is 0 Å². The van der Waals surface area contributed by atoms with E-state index in [4.69, 9.17) is 11.6 Å². The number of rotatable bonds is 1. The number of hydrogen-bond donors (Lipinski definition) is 1. The summed E-state index contributed by atoms with van der Waals surface area (Å²) >= 11 is 5.72. The van der Waals surface area contributed by atoms with Crippen LogP contribution in [0.25, 0.3) is 10.9 Å². The Bertz CT molecular complexity index is 687. The Balaban J connectivity index is 1.99. The van der Waals surface area contributed by atoms with E-state index in [-0.39, 0.29) is 23.0 Å². The van der Waals surface area contributed by atoms with Crippen LogP contribution in [0.1, 0.15) is 24.3 Å². The number of carbonyl (C=O) groups excluding carboxylic acids is 2. The fourth-order valence-corrected chi connectivity index (χ4v) is 2.40. The van der Waals surface area contributed by atoms with Crippen LogP contribution in [0.2, 0.25) is 5.28 Å². The molecule has 0 bridgehead atoms. The van der Waals surface area contributed by atoms with E-state index >= 15 is 0 Å². The van der Waals surface area contributed by atoms with E-state index < -0.39 is 0 Å². The molecule has 0 spiro atoms. The molecule has 0 radical (unpaired) electrons. The Hall–Kier alpha value is -2.01. The fourth-order valence-electron chi connectivity index (χ4n) is 2.26. The highest BCUT2D eigenvalue weighted by Crippen LogP contribution is 2.27. The Morgan fingerprint density at radius 1 is 1.32 bits per heavy atom. The van der Waals surface area contributed by atoms with Gasteiger partial charge in [-0.1, -0.05) is 6.07 Å². The highest BCUT2D eigenvalue weighted by molar-refractivity contribution is 6.28. The van der Waals surface area contributed by atoms with Crippen molar-refractivity contribution in [3.05, 3.63) is 35.2 Å². The van der Waals surface area contributed by atoms with Crippen molar-refractivity contribution in [3.8, 4) is 0 Å². The maximum absolute atomic E-state index is 11.8. The highest BCUT2D eigenvalue weighted by atomic mass is 35.5. The quantitative estimate of drug-likeness (QED) is 0.636. The van der Waals surface area contributed by atoms with Crippen LogP contribution in [0.15, 0.2) is 24.4 Å². The monoisotopic (exact) mass is 275 g/mol. The van der Waals surface area contributed by atoms with Crippen LogP contribution in [-0.4, -0.2) is 21.8 Å². The van der Waals surface area contributed by atoms with Gasteiger partial charge in [0.15, 0.2) is 0 Å². The number of benzene rings is 1. The molecule has 96 valence electrons. The molecule has 1 aliphatic rings. The summed E-state index contributed by atoms with van der Waals surface area (Å²) in [4.78, 5) is 31.0. The molecule has 6 heteroatoms. The van der Waals surface area contributed by atoms with Gasteiger partial charge in [0.25, 0.3) is 0 Å². The zero-order valence-corrected chi connectivity index (χ0v) is 10.6. The summed E-state index contributed by atoms with van der Waals surface area (Å²) in [7, 11) is 0. The van der Waals surface area contributed by atoms with E-state index in [1.54, 1.807) is 6.20 Å². The van der Waals surface area contributed by atoms with Crippen molar-refractivity contribution in [3.63, 3.8) is 0 Å². The minimum Gasteiger partial charge on any atom is -0.296 e. The molecule has 3 rings (SSSR count). The highest BCUT2D eigenvalue weighted by Gasteiger charge is 2.27. The van der Waals surface area contributed by atoms with Crippen molar-refractivity contribution in [1.29, 1.82) is 0 Å². The first-order valence-electron chi connectivity index (χ1n) is 5.89. The normalized spacial score (nSPS) is 19.5. The summed E-state index contributed by atoms with van der Waals surface area (Å²) in [6.07, 6.45) is 2.52. The average Bonchev–Trinajstić information content (AvgIpc) is 2.38. The van der Waals surface area contributed by atoms with Crippen LogP contribution in [0, 0.1) is 0 Å². The number of halogens is 1. The molecule has 2 aromatic rings. The van der Waals surface area contributed by atoms with Gasteiger partial charge in [0.05, 0.1) is 11.4 Å². The van der Waals surface area contributed by atoms with Gasteiger partial charge in [-0.2, -0.15) is 0 Å². The summed E-state index contributed by atoms with van der Waals surface area (Å²) in [5.74, 6) is -0.750. The molecule has 1 saturated heterocycles. The summed E-state index contributed by atoms with van der Waals surface area (Å²) < 4.78 is 0. The van der Waals surface area contributed by atoms with Crippen molar-refractivity contribution in [2.24, 2.45) is 0 Å². The number of hydrogen-bond acceptors (Lipinski definition) is 4. The van der Waals surface area contributed by atoms with Crippen LogP contribution in [0.3, 0.4) is 0 Å². The number of aromatic nitrogens is 2. The van der Waals surface area contributed by atoms with Gasteiger partial charge in [0.2, 0.25) is 17.1 Å². The van der Waals surface area contributed by atoms with Crippen molar-refractivity contribution in [1.82, 2.24) is 15.3 Å². The van der Waals surface area contributed by atoms with Gasteiger partial charge in [0.1, 0.15) is 0 Å². The summed E-state index contributed by atoms with van der Waals surface area (Å²) in [5, 5.41) is 3.38. The van der Waals surface area contributed by atoms with Gasteiger partial charge in [-0.3, -0.25) is 14.9 Å². The molecule has 1 aliphatic heterocycles. The lowest BCUT2D eigenvalue weighted by Crippen LogP contribution is -2.39. The van der Waals surface area contributed by atoms with Crippen LogP contribution in [-0.2, 0) is 9.59 Å². The van der Waals surface area contributed by atoms with Gasteiger partial charge in [-0.15, -0.1) is 0 Å². The second-order valence-electron chi connectivity index (χ2n) is 4.46. The second-order valence-corrected chi connectivity index (χ2v) is 4.80. The van der Waals surface area contributed by atoms with Crippen molar-refractivity contribution in [2.45, 2.75) is 18.8 Å². The van der Waals surface area contributed by atoms with Crippen LogP contribution < -0.4 is 5.32 Å². The first-order chi connectivity index (χ1) is 9.13. The second kappa shape index (κ2) is 4.59. The molecule has 2 amide bonds. The minimum absolute atomic E-state index is 0.196. The zero-order valence-electron chi connectivity index (χ0n) is 9.89. The molecule has 0 aliphatic carbocycles. The Morgan fingerprint density at radius 3 is 2.95 bits per heavy atom. The number of piperidine rings is 1. The predicted octanol–water partition coefficient (Wildman–Crippen LogP) is 1.80. The van der Waals surface area contributed by atoms with Gasteiger partial charge < -0.3 is 0 Å². The first-order valence-corrected chi connectivity index (χ1v) is 6.27. The van der Waals surface area contributed by atoms with E-state index in [1.165, 1.54) is 0 Å². The number of nitrogens with zero attached hydrogens (tertiary/aromatic N) is 2. The maximum Gasteiger partial charge on any atom is 0.234 e.